The topological polar surface area (TPSA) is 85.2 Å². The summed E-state index contributed by atoms with van der Waals surface area (Å²) in [5, 5.41) is 0.282. The Kier molecular flexibility index (Phi) is 3.76. The molecule has 132 valence electrons. The van der Waals surface area contributed by atoms with E-state index in [2.05, 4.69) is 16.5 Å². The van der Waals surface area contributed by atoms with Crippen LogP contribution < -0.4 is 15.9 Å². The molecule has 1 fully saturated rings. The van der Waals surface area contributed by atoms with Crippen molar-refractivity contribution in [3.8, 4) is 6.01 Å². The molecule has 0 amide bonds. The van der Waals surface area contributed by atoms with Gasteiger partial charge in [0.25, 0.3) is 5.56 Å². The highest BCUT2D eigenvalue weighted by Crippen LogP contribution is 2.55. The molecule has 26 heavy (non-hydrogen) atoms. The van der Waals surface area contributed by atoms with Crippen LogP contribution in [-0.2, 0) is 12.0 Å². The summed E-state index contributed by atoms with van der Waals surface area (Å²) in [7, 11) is 0. The molecular formula is C20H18N2O4. The van der Waals surface area contributed by atoms with Gasteiger partial charge in [-0.2, -0.15) is 4.98 Å². The van der Waals surface area contributed by atoms with E-state index in [1.54, 1.807) is 0 Å². The first-order valence-corrected chi connectivity index (χ1v) is 8.51. The highest BCUT2D eigenvalue weighted by Gasteiger charge is 2.57. The van der Waals surface area contributed by atoms with Crippen LogP contribution in [-0.4, -0.2) is 9.97 Å². The predicted octanol–water partition coefficient (Wildman–Crippen LogP) is 2.92. The Balaban J connectivity index is 1.81. The number of ether oxygens (including phenoxy) is 1. The summed E-state index contributed by atoms with van der Waals surface area (Å²) in [4.78, 5) is 31.2. The minimum absolute atomic E-state index is 0.00730. The fraction of sp³-hybridized carbons (Fsp3) is 0.250. The molecule has 6 nitrogen and oxygen atoms in total. The Hall–Kier alpha value is -3.15. The minimum Gasteiger partial charge on any atom is -0.452 e. The van der Waals surface area contributed by atoms with Crippen LogP contribution in [0.25, 0.3) is 11.1 Å². The summed E-state index contributed by atoms with van der Waals surface area (Å²) in [6, 6.07) is 11.1. The number of hydrogen-bond acceptors (Lipinski definition) is 5. The second-order valence-electron chi connectivity index (χ2n) is 6.40. The van der Waals surface area contributed by atoms with Gasteiger partial charge in [0.05, 0.1) is 0 Å². The summed E-state index contributed by atoms with van der Waals surface area (Å²) in [5.41, 5.74) is 0.0411. The number of H-pyrrole nitrogens is 1. The Morgan fingerprint density at radius 3 is 2.81 bits per heavy atom. The lowest BCUT2D eigenvalue weighted by Crippen LogP contribution is -2.22. The predicted molar refractivity (Wildman–Crippen MR) is 97.3 cm³/mol. The number of rotatable bonds is 5. The molecule has 1 aliphatic rings. The van der Waals surface area contributed by atoms with Gasteiger partial charge in [-0.3, -0.25) is 9.78 Å². The van der Waals surface area contributed by atoms with Gasteiger partial charge in [0, 0.05) is 18.4 Å². The van der Waals surface area contributed by atoms with Crippen molar-refractivity contribution in [2.45, 2.75) is 25.4 Å². The Morgan fingerprint density at radius 1 is 1.38 bits per heavy atom. The van der Waals surface area contributed by atoms with Gasteiger partial charge in [0.15, 0.2) is 0 Å². The van der Waals surface area contributed by atoms with Crippen LogP contribution in [0.2, 0.25) is 0 Å². The lowest BCUT2D eigenvalue weighted by atomic mass is 10.1. The molecule has 1 saturated carbocycles. The number of aromatic amines is 1. The third-order valence-corrected chi connectivity index (χ3v) is 4.84. The van der Waals surface area contributed by atoms with E-state index in [9.17, 15) is 9.59 Å². The van der Waals surface area contributed by atoms with Crippen molar-refractivity contribution in [1.82, 2.24) is 9.97 Å². The van der Waals surface area contributed by atoms with Crippen LogP contribution in [0, 0.1) is 5.92 Å². The maximum atomic E-state index is 12.5. The highest BCUT2D eigenvalue weighted by molar-refractivity contribution is 5.75. The van der Waals surface area contributed by atoms with Crippen molar-refractivity contribution in [1.29, 1.82) is 0 Å². The van der Waals surface area contributed by atoms with Crippen LogP contribution in [0.15, 0.2) is 63.1 Å². The van der Waals surface area contributed by atoms with Gasteiger partial charge in [0.1, 0.15) is 11.0 Å². The molecular weight excluding hydrogens is 332 g/mol. The molecule has 1 N–H and O–H groups in total. The van der Waals surface area contributed by atoms with E-state index in [0.29, 0.717) is 12.0 Å². The van der Waals surface area contributed by atoms with Gasteiger partial charge < -0.3 is 9.15 Å². The quantitative estimate of drug-likeness (QED) is 0.715. The van der Waals surface area contributed by atoms with Crippen LogP contribution in [0.1, 0.15) is 24.5 Å². The Bertz CT molecular complexity index is 1100. The molecule has 4 rings (SSSR count). The summed E-state index contributed by atoms with van der Waals surface area (Å²) in [6.07, 6.45) is 3.10. The van der Waals surface area contributed by atoms with Gasteiger partial charge in [0.2, 0.25) is 5.71 Å². The summed E-state index contributed by atoms with van der Waals surface area (Å²) >= 11 is 0. The van der Waals surface area contributed by atoms with Crippen molar-refractivity contribution >= 4 is 11.1 Å². The van der Waals surface area contributed by atoms with E-state index < -0.39 is 11.2 Å². The molecule has 0 aliphatic heterocycles. The molecule has 0 radical (unpaired) electrons. The smallest absolute Gasteiger partial charge is 0.337 e. The van der Waals surface area contributed by atoms with Gasteiger partial charge >= 0.3 is 11.6 Å². The number of benzene rings is 1. The monoisotopic (exact) mass is 350 g/mol. The summed E-state index contributed by atoms with van der Waals surface area (Å²) in [6.45, 7) is 5.72. The molecule has 1 aliphatic carbocycles. The normalized spacial score (nSPS) is 21.5. The number of nitrogens with zero attached hydrogens (tertiary/aromatic N) is 1. The third-order valence-electron chi connectivity index (χ3n) is 4.84. The molecule has 2 atom stereocenters. The second kappa shape index (κ2) is 5.98. The highest BCUT2D eigenvalue weighted by atomic mass is 16.5. The molecule has 3 aromatic rings. The van der Waals surface area contributed by atoms with Crippen molar-refractivity contribution in [3.63, 3.8) is 0 Å². The van der Waals surface area contributed by atoms with E-state index in [4.69, 9.17) is 9.15 Å². The van der Waals surface area contributed by atoms with E-state index in [1.807, 2.05) is 43.3 Å². The molecule has 2 heterocycles. The van der Waals surface area contributed by atoms with E-state index in [-0.39, 0.29) is 28.6 Å². The number of hydrogen-bond donors (Lipinski definition) is 1. The largest absolute Gasteiger partial charge is 0.452 e. The van der Waals surface area contributed by atoms with Crippen LogP contribution in [0.4, 0.5) is 0 Å². The molecule has 2 unspecified atom stereocenters. The zero-order chi connectivity index (χ0) is 18.3. The Labute approximate surface area is 149 Å². The molecule has 6 heteroatoms. The van der Waals surface area contributed by atoms with Gasteiger partial charge in [-0.25, -0.2) is 4.79 Å². The first-order valence-electron chi connectivity index (χ1n) is 8.51. The zero-order valence-electron chi connectivity index (χ0n) is 14.3. The average molecular weight is 350 g/mol. The molecule has 2 aromatic heterocycles. The van der Waals surface area contributed by atoms with Gasteiger partial charge in [-0.15, -0.1) is 6.58 Å². The lowest BCUT2D eigenvalue weighted by molar-refractivity contribution is 0.152. The third kappa shape index (κ3) is 2.54. The average Bonchev–Trinajstić information content (AvgIpc) is 3.35. The zero-order valence-corrected chi connectivity index (χ0v) is 14.3. The number of aromatic nitrogens is 2. The first-order chi connectivity index (χ1) is 12.6. The van der Waals surface area contributed by atoms with Crippen molar-refractivity contribution in [3.05, 3.63) is 81.0 Å². The molecule has 0 saturated heterocycles. The number of nitrogens with one attached hydrogen (secondary N) is 1. The van der Waals surface area contributed by atoms with Crippen molar-refractivity contribution in [2.24, 2.45) is 5.92 Å². The molecule has 0 bridgehead atoms. The molecule has 1 aromatic carbocycles. The maximum Gasteiger partial charge on any atom is 0.337 e. The summed E-state index contributed by atoms with van der Waals surface area (Å²) in [5.74, 6) is 0.111. The van der Waals surface area contributed by atoms with Crippen molar-refractivity contribution in [2.75, 3.05) is 0 Å². The van der Waals surface area contributed by atoms with E-state index >= 15 is 0 Å². The van der Waals surface area contributed by atoms with Crippen LogP contribution >= 0.6 is 0 Å². The van der Waals surface area contributed by atoms with E-state index in [0.717, 1.165) is 12.0 Å². The van der Waals surface area contributed by atoms with E-state index in [1.165, 1.54) is 6.07 Å². The standard InChI is InChI=1S/C20H18N2O4/c1-3-12-10-15(23)25-18-16(12)17(24)21-19(22-18)26-20(11-13(20)4-2)14-8-6-5-7-9-14/h4-10,13H,2-3,11H2,1H3,(H,21,22,24). The Morgan fingerprint density at radius 2 is 2.15 bits per heavy atom. The number of fused-ring (bicyclic) bond motifs is 1. The van der Waals surface area contributed by atoms with Gasteiger partial charge in [-0.05, 0) is 17.5 Å². The maximum absolute atomic E-state index is 12.5. The SMILES string of the molecule is C=CC1CC1(Oc1nc2oc(=O)cc(CC)c2c(=O)[nH]1)c1ccccc1. The van der Waals surface area contributed by atoms with Crippen molar-refractivity contribution < 1.29 is 9.15 Å². The van der Waals surface area contributed by atoms with Crippen LogP contribution in [0.5, 0.6) is 6.01 Å². The minimum atomic E-state index is -0.616. The second-order valence-corrected chi connectivity index (χ2v) is 6.40. The van der Waals surface area contributed by atoms with Crippen LogP contribution in [0.3, 0.4) is 0 Å². The first kappa shape index (κ1) is 16.3. The fourth-order valence-corrected chi connectivity index (χ4v) is 3.40. The van der Waals surface area contributed by atoms with Gasteiger partial charge in [-0.1, -0.05) is 43.3 Å². The number of aryl methyl sites for hydroxylation is 1. The molecule has 0 spiro atoms. The lowest BCUT2D eigenvalue weighted by Gasteiger charge is -2.19. The fourth-order valence-electron chi connectivity index (χ4n) is 3.40. The summed E-state index contributed by atoms with van der Waals surface area (Å²) < 4.78 is 11.2.